The summed E-state index contributed by atoms with van der Waals surface area (Å²) in [5.41, 5.74) is 5.05. The maximum Gasteiger partial charge on any atom is 0.243 e. The highest BCUT2D eigenvalue weighted by atomic mass is 32.2. The highest BCUT2D eigenvalue weighted by molar-refractivity contribution is 7.92. The molecule has 0 saturated heterocycles. The topological polar surface area (TPSA) is 66.5 Å². The van der Waals surface area contributed by atoms with Gasteiger partial charge in [0.1, 0.15) is 6.04 Å². The van der Waals surface area contributed by atoms with Crippen LogP contribution in [-0.2, 0) is 21.2 Å². The SMILES string of the molecule is CC[C@@H](C(=O)NCCCc1cccc(C)c1)N(c1ccc(C)c(C)c1)S(C)(=O)=O. The van der Waals surface area contributed by atoms with E-state index in [1.807, 2.05) is 39.0 Å². The van der Waals surface area contributed by atoms with Crippen molar-refractivity contribution >= 4 is 21.6 Å². The number of aryl methyl sites for hydroxylation is 4. The molecule has 0 aromatic heterocycles. The van der Waals surface area contributed by atoms with Crippen LogP contribution in [0.5, 0.6) is 0 Å². The fourth-order valence-electron chi connectivity index (χ4n) is 3.41. The molecule has 0 fully saturated rings. The summed E-state index contributed by atoms with van der Waals surface area (Å²) in [5, 5.41) is 2.92. The van der Waals surface area contributed by atoms with Crippen LogP contribution in [0.25, 0.3) is 0 Å². The molecule has 2 rings (SSSR count). The molecule has 2 aromatic rings. The zero-order valence-corrected chi connectivity index (χ0v) is 18.8. The highest BCUT2D eigenvalue weighted by Crippen LogP contribution is 2.25. The number of anilines is 1. The minimum Gasteiger partial charge on any atom is -0.354 e. The smallest absolute Gasteiger partial charge is 0.243 e. The molecule has 0 spiro atoms. The maximum atomic E-state index is 12.8. The second-order valence-corrected chi connectivity index (χ2v) is 9.49. The van der Waals surface area contributed by atoms with Gasteiger partial charge in [0.15, 0.2) is 0 Å². The van der Waals surface area contributed by atoms with Crippen molar-refractivity contribution in [3.05, 3.63) is 64.7 Å². The first-order chi connectivity index (χ1) is 13.6. The quantitative estimate of drug-likeness (QED) is 0.631. The largest absolute Gasteiger partial charge is 0.354 e. The van der Waals surface area contributed by atoms with E-state index in [4.69, 9.17) is 0 Å². The zero-order chi connectivity index (χ0) is 21.6. The van der Waals surface area contributed by atoms with Crippen LogP contribution in [0.4, 0.5) is 5.69 Å². The molecule has 1 N–H and O–H groups in total. The van der Waals surface area contributed by atoms with Crippen molar-refractivity contribution in [2.75, 3.05) is 17.1 Å². The molecule has 5 nitrogen and oxygen atoms in total. The van der Waals surface area contributed by atoms with Crippen molar-refractivity contribution in [3.8, 4) is 0 Å². The van der Waals surface area contributed by atoms with Crippen LogP contribution in [0.15, 0.2) is 42.5 Å². The number of sulfonamides is 1. The summed E-state index contributed by atoms with van der Waals surface area (Å²) >= 11 is 0. The van der Waals surface area contributed by atoms with Crippen LogP contribution >= 0.6 is 0 Å². The van der Waals surface area contributed by atoms with Gasteiger partial charge in [-0.3, -0.25) is 9.10 Å². The number of rotatable bonds is 9. The Morgan fingerprint density at radius 3 is 2.38 bits per heavy atom. The zero-order valence-electron chi connectivity index (χ0n) is 18.0. The summed E-state index contributed by atoms with van der Waals surface area (Å²) in [6, 6.07) is 13.0. The molecule has 0 aliphatic heterocycles. The third kappa shape index (κ3) is 6.32. The number of hydrogen-bond acceptors (Lipinski definition) is 3. The van der Waals surface area contributed by atoms with Gasteiger partial charge >= 0.3 is 0 Å². The third-order valence-electron chi connectivity index (χ3n) is 5.10. The first kappa shape index (κ1) is 22.9. The van der Waals surface area contributed by atoms with Crippen molar-refractivity contribution in [2.24, 2.45) is 0 Å². The number of nitrogens with zero attached hydrogens (tertiary/aromatic N) is 1. The van der Waals surface area contributed by atoms with Crippen molar-refractivity contribution in [1.29, 1.82) is 0 Å². The molecule has 0 aliphatic carbocycles. The molecule has 0 unspecified atom stereocenters. The lowest BCUT2D eigenvalue weighted by Gasteiger charge is -2.30. The van der Waals surface area contributed by atoms with Crippen molar-refractivity contribution in [2.45, 2.75) is 53.0 Å². The predicted octanol–water partition coefficient (Wildman–Crippen LogP) is 3.91. The monoisotopic (exact) mass is 416 g/mol. The molecule has 0 aliphatic rings. The van der Waals surface area contributed by atoms with Crippen LogP contribution in [0, 0.1) is 20.8 Å². The fourth-order valence-corrected chi connectivity index (χ4v) is 4.62. The third-order valence-corrected chi connectivity index (χ3v) is 6.28. The Bertz CT molecular complexity index is 954. The van der Waals surface area contributed by atoms with Crippen LogP contribution in [0.1, 0.15) is 42.0 Å². The van der Waals surface area contributed by atoms with Crippen LogP contribution in [0.3, 0.4) is 0 Å². The molecule has 0 radical (unpaired) electrons. The average Bonchev–Trinajstić information content (AvgIpc) is 2.64. The summed E-state index contributed by atoms with van der Waals surface area (Å²) in [7, 11) is -3.61. The summed E-state index contributed by atoms with van der Waals surface area (Å²) in [6.07, 6.45) is 3.21. The Morgan fingerprint density at radius 1 is 1.07 bits per heavy atom. The molecule has 0 saturated carbocycles. The highest BCUT2D eigenvalue weighted by Gasteiger charge is 2.31. The summed E-state index contributed by atoms with van der Waals surface area (Å²) < 4.78 is 26.3. The first-order valence-corrected chi connectivity index (χ1v) is 11.9. The van der Waals surface area contributed by atoms with Gasteiger partial charge in [-0.1, -0.05) is 42.8 Å². The Kier molecular flexibility index (Phi) is 7.85. The number of benzene rings is 2. The fraction of sp³-hybridized carbons (Fsp3) is 0.435. The normalized spacial score (nSPS) is 12.4. The van der Waals surface area contributed by atoms with Crippen molar-refractivity contribution < 1.29 is 13.2 Å². The van der Waals surface area contributed by atoms with Crippen LogP contribution in [0.2, 0.25) is 0 Å². The lowest BCUT2D eigenvalue weighted by atomic mass is 10.1. The summed E-state index contributed by atoms with van der Waals surface area (Å²) in [5.74, 6) is -0.264. The lowest BCUT2D eigenvalue weighted by molar-refractivity contribution is -0.122. The molecule has 0 heterocycles. The van der Waals surface area contributed by atoms with Gasteiger partial charge in [0, 0.05) is 6.54 Å². The molecular weight excluding hydrogens is 384 g/mol. The van der Waals surface area contributed by atoms with Gasteiger partial charge in [0.05, 0.1) is 11.9 Å². The molecular formula is C23H32N2O3S. The Morgan fingerprint density at radius 2 is 1.79 bits per heavy atom. The van der Waals surface area contributed by atoms with Gasteiger partial charge in [0.25, 0.3) is 0 Å². The number of carbonyl (C=O) groups is 1. The van der Waals surface area contributed by atoms with E-state index in [-0.39, 0.29) is 5.91 Å². The average molecular weight is 417 g/mol. The lowest BCUT2D eigenvalue weighted by Crippen LogP contribution is -2.49. The number of nitrogens with one attached hydrogen (secondary N) is 1. The summed E-state index contributed by atoms with van der Waals surface area (Å²) in [4.78, 5) is 12.8. The van der Waals surface area contributed by atoms with E-state index in [2.05, 4.69) is 30.4 Å². The van der Waals surface area contributed by atoms with E-state index in [1.165, 1.54) is 15.4 Å². The van der Waals surface area contributed by atoms with Gasteiger partial charge < -0.3 is 5.32 Å². The Labute approximate surface area is 175 Å². The molecule has 1 atom stereocenters. The van der Waals surface area contributed by atoms with E-state index in [0.717, 1.165) is 30.2 Å². The minimum atomic E-state index is -3.61. The summed E-state index contributed by atoms with van der Waals surface area (Å²) in [6.45, 7) is 8.31. The van der Waals surface area contributed by atoms with E-state index in [9.17, 15) is 13.2 Å². The van der Waals surface area contributed by atoms with Gasteiger partial charge in [-0.25, -0.2) is 8.42 Å². The van der Waals surface area contributed by atoms with E-state index in [1.54, 1.807) is 6.07 Å². The Balaban J connectivity index is 2.08. The molecule has 158 valence electrons. The standard InChI is InChI=1S/C23H32N2O3S/c1-6-22(23(26)24-14-8-11-20-10-7-9-17(2)15-20)25(29(5,27)28)21-13-12-18(3)19(4)16-21/h7,9-10,12-13,15-16,22H,6,8,11,14H2,1-5H3,(H,24,26)/t22-/m0/s1. The van der Waals surface area contributed by atoms with Gasteiger partial charge in [-0.15, -0.1) is 0 Å². The molecule has 6 heteroatoms. The second-order valence-electron chi connectivity index (χ2n) is 7.64. The van der Waals surface area contributed by atoms with Gasteiger partial charge in [0.2, 0.25) is 15.9 Å². The first-order valence-electron chi connectivity index (χ1n) is 10.0. The maximum absolute atomic E-state index is 12.8. The molecule has 0 bridgehead atoms. The second kappa shape index (κ2) is 9.92. The van der Waals surface area contributed by atoms with E-state index in [0.29, 0.717) is 18.7 Å². The van der Waals surface area contributed by atoms with Crippen molar-refractivity contribution in [3.63, 3.8) is 0 Å². The van der Waals surface area contributed by atoms with Crippen LogP contribution < -0.4 is 9.62 Å². The predicted molar refractivity (Wildman–Crippen MR) is 120 cm³/mol. The van der Waals surface area contributed by atoms with Gasteiger partial charge in [-0.05, 0) is 68.9 Å². The number of hydrogen-bond donors (Lipinski definition) is 1. The number of carbonyl (C=O) groups excluding carboxylic acids is 1. The molecule has 2 aromatic carbocycles. The van der Waals surface area contributed by atoms with Gasteiger partial charge in [-0.2, -0.15) is 0 Å². The number of amides is 1. The van der Waals surface area contributed by atoms with E-state index < -0.39 is 16.1 Å². The van der Waals surface area contributed by atoms with E-state index >= 15 is 0 Å². The minimum absolute atomic E-state index is 0.264. The molecule has 1 amide bonds. The Hall–Kier alpha value is -2.34. The molecule has 29 heavy (non-hydrogen) atoms. The van der Waals surface area contributed by atoms with Crippen LogP contribution in [-0.4, -0.2) is 33.2 Å². The van der Waals surface area contributed by atoms with Crippen molar-refractivity contribution in [1.82, 2.24) is 5.32 Å².